The number of aryl methyl sites for hydroxylation is 1. The summed E-state index contributed by atoms with van der Waals surface area (Å²) < 4.78 is 1.90. The molecule has 1 unspecified atom stereocenters. The Balaban J connectivity index is 2.49. The largest absolute Gasteiger partial charge is 0.350 e. The molecule has 1 amide bonds. The molecule has 6 heteroatoms. The van der Waals surface area contributed by atoms with Gasteiger partial charge >= 0.3 is 0 Å². The monoisotopic (exact) mass is 253 g/mol. The van der Waals surface area contributed by atoms with E-state index in [9.17, 15) is 4.79 Å². The molecule has 1 rings (SSSR count). The van der Waals surface area contributed by atoms with Crippen molar-refractivity contribution < 1.29 is 4.79 Å². The topological polar surface area (TPSA) is 71.8 Å². The molecule has 102 valence electrons. The highest BCUT2D eigenvalue weighted by Gasteiger charge is 2.19. The fourth-order valence-electron chi connectivity index (χ4n) is 1.42. The molecule has 1 atom stereocenters. The Morgan fingerprint density at radius 2 is 2.00 bits per heavy atom. The van der Waals surface area contributed by atoms with Gasteiger partial charge < -0.3 is 9.88 Å². The number of aromatic nitrogens is 3. The number of amides is 1. The lowest BCUT2D eigenvalue weighted by molar-refractivity contribution is -0.124. The van der Waals surface area contributed by atoms with Gasteiger partial charge in [-0.3, -0.25) is 10.1 Å². The van der Waals surface area contributed by atoms with Gasteiger partial charge in [-0.1, -0.05) is 0 Å². The molecule has 6 nitrogen and oxygen atoms in total. The van der Waals surface area contributed by atoms with Crippen molar-refractivity contribution in [1.82, 2.24) is 25.4 Å². The van der Waals surface area contributed by atoms with Gasteiger partial charge in [-0.15, -0.1) is 10.2 Å². The molecule has 0 saturated carbocycles. The summed E-state index contributed by atoms with van der Waals surface area (Å²) in [5.41, 5.74) is -0.214. The lowest BCUT2D eigenvalue weighted by atomic mass is 10.1. The van der Waals surface area contributed by atoms with Gasteiger partial charge in [-0.05, 0) is 34.6 Å². The molecule has 0 spiro atoms. The normalized spacial score (nSPS) is 13.4. The van der Waals surface area contributed by atoms with Crippen LogP contribution in [0.3, 0.4) is 0 Å². The van der Waals surface area contributed by atoms with E-state index in [1.807, 2.05) is 46.2 Å². The lowest BCUT2D eigenvalue weighted by Gasteiger charge is -2.23. The van der Waals surface area contributed by atoms with Crippen LogP contribution in [-0.2, 0) is 18.4 Å². The van der Waals surface area contributed by atoms with Gasteiger partial charge in [0, 0.05) is 12.6 Å². The third-order valence-electron chi connectivity index (χ3n) is 2.64. The van der Waals surface area contributed by atoms with Gasteiger partial charge in [0.25, 0.3) is 0 Å². The average Bonchev–Trinajstić information content (AvgIpc) is 2.54. The minimum Gasteiger partial charge on any atom is -0.350 e. The van der Waals surface area contributed by atoms with Crippen molar-refractivity contribution in [3.63, 3.8) is 0 Å². The zero-order valence-corrected chi connectivity index (χ0v) is 12.0. The van der Waals surface area contributed by atoms with Crippen molar-refractivity contribution in [2.45, 2.75) is 52.7 Å². The van der Waals surface area contributed by atoms with Crippen LogP contribution in [0, 0.1) is 6.92 Å². The maximum Gasteiger partial charge on any atom is 0.237 e. The highest BCUT2D eigenvalue weighted by atomic mass is 16.2. The Kier molecular flexibility index (Phi) is 4.45. The van der Waals surface area contributed by atoms with Crippen molar-refractivity contribution in [3.8, 4) is 0 Å². The van der Waals surface area contributed by atoms with E-state index >= 15 is 0 Å². The SMILES string of the molecule is Cc1nnc(CNC(C)C(=O)NC(C)(C)C)n1C. The molecule has 18 heavy (non-hydrogen) atoms. The molecule has 0 aromatic carbocycles. The van der Waals surface area contributed by atoms with E-state index < -0.39 is 0 Å². The molecule has 0 aliphatic rings. The average molecular weight is 253 g/mol. The summed E-state index contributed by atoms with van der Waals surface area (Å²) >= 11 is 0. The highest BCUT2D eigenvalue weighted by molar-refractivity contribution is 5.81. The number of hydrogen-bond acceptors (Lipinski definition) is 4. The zero-order chi connectivity index (χ0) is 13.9. The molecule has 0 aliphatic carbocycles. The Labute approximate surface area is 108 Å². The van der Waals surface area contributed by atoms with Crippen LogP contribution in [-0.4, -0.2) is 32.3 Å². The fraction of sp³-hybridized carbons (Fsp3) is 0.750. The van der Waals surface area contributed by atoms with E-state index in [2.05, 4.69) is 20.8 Å². The summed E-state index contributed by atoms with van der Waals surface area (Å²) in [6.07, 6.45) is 0. The van der Waals surface area contributed by atoms with Crippen molar-refractivity contribution >= 4 is 5.91 Å². The number of rotatable bonds is 4. The van der Waals surface area contributed by atoms with E-state index in [1.165, 1.54) is 0 Å². The van der Waals surface area contributed by atoms with E-state index in [0.717, 1.165) is 11.6 Å². The Morgan fingerprint density at radius 3 is 2.44 bits per heavy atom. The summed E-state index contributed by atoms with van der Waals surface area (Å²) in [5, 5.41) is 14.1. The smallest absolute Gasteiger partial charge is 0.237 e. The summed E-state index contributed by atoms with van der Waals surface area (Å²) in [6, 6.07) is -0.263. The second-order valence-electron chi connectivity index (χ2n) is 5.56. The van der Waals surface area contributed by atoms with Gasteiger partial charge in [0.05, 0.1) is 12.6 Å². The fourth-order valence-corrected chi connectivity index (χ4v) is 1.42. The van der Waals surface area contributed by atoms with Crippen LogP contribution in [0.15, 0.2) is 0 Å². The van der Waals surface area contributed by atoms with Crippen molar-refractivity contribution in [3.05, 3.63) is 11.6 Å². The molecule has 1 heterocycles. The third kappa shape index (κ3) is 4.10. The van der Waals surface area contributed by atoms with Crippen LogP contribution >= 0.6 is 0 Å². The molecule has 1 aromatic heterocycles. The van der Waals surface area contributed by atoms with Crippen LogP contribution < -0.4 is 10.6 Å². The number of carbonyl (C=O) groups excluding carboxylic acids is 1. The van der Waals surface area contributed by atoms with Gasteiger partial charge in [-0.2, -0.15) is 0 Å². The first kappa shape index (κ1) is 14.6. The van der Waals surface area contributed by atoms with E-state index in [4.69, 9.17) is 0 Å². The van der Waals surface area contributed by atoms with Crippen molar-refractivity contribution in [2.75, 3.05) is 0 Å². The number of carbonyl (C=O) groups is 1. The first-order valence-electron chi connectivity index (χ1n) is 6.11. The highest BCUT2D eigenvalue weighted by Crippen LogP contribution is 2.01. The Hall–Kier alpha value is -1.43. The standard InChI is InChI=1S/C12H23N5O/c1-8(11(18)14-12(3,4)5)13-7-10-16-15-9(2)17(10)6/h8,13H,7H2,1-6H3,(H,14,18). The molecule has 2 N–H and O–H groups in total. The first-order valence-corrected chi connectivity index (χ1v) is 6.11. The number of nitrogens with zero attached hydrogens (tertiary/aromatic N) is 3. The third-order valence-corrected chi connectivity index (χ3v) is 2.64. The number of hydrogen-bond donors (Lipinski definition) is 2. The Morgan fingerprint density at radius 1 is 1.39 bits per heavy atom. The molecule has 0 radical (unpaired) electrons. The van der Waals surface area contributed by atoms with Crippen LogP contribution in [0.2, 0.25) is 0 Å². The molecule has 0 aliphatic heterocycles. The molecule has 0 fully saturated rings. The molecule has 1 aromatic rings. The molecule has 0 bridgehead atoms. The van der Waals surface area contributed by atoms with Crippen molar-refractivity contribution in [1.29, 1.82) is 0 Å². The first-order chi connectivity index (χ1) is 8.20. The maximum absolute atomic E-state index is 11.9. The van der Waals surface area contributed by atoms with E-state index in [-0.39, 0.29) is 17.5 Å². The van der Waals surface area contributed by atoms with Gasteiger partial charge in [0.1, 0.15) is 11.6 Å². The van der Waals surface area contributed by atoms with Gasteiger partial charge in [0.15, 0.2) is 0 Å². The van der Waals surface area contributed by atoms with Gasteiger partial charge in [-0.25, -0.2) is 0 Å². The lowest BCUT2D eigenvalue weighted by Crippen LogP contribution is -2.49. The van der Waals surface area contributed by atoms with E-state index in [0.29, 0.717) is 6.54 Å². The summed E-state index contributed by atoms with van der Waals surface area (Å²) in [7, 11) is 1.91. The van der Waals surface area contributed by atoms with Crippen LogP contribution in [0.4, 0.5) is 0 Å². The predicted octanol–water partition coefficient (Wildman–Crippen LogP) is 0.516. The minimum atomic E-state index is -0.263. The predicted molar refractivity (Wildman–Crippen MR) is 69.9 cm³/mol. The second kappa shape index (κ2) is 5.48. The number of nitrogens with one attached hydrogen (secondary N) is 2. The Bertz CT molecular complexity index is 419. The summed E-state index contributed by atoms with van der Waals surface area (Å²) in [6.45, 7) is 10.1. The summed E-state index contributed by atoms with van der Waals surface area (Å²) in [5.74, 6) is 1.67. The van der Waals surface area contributed by atoms with Crippen LogP contribution in [0.25, 0.3) is 0 Å². The van der Waals surface area contributed by atoms with Crippen LogP contribution in [0.5, 0.6) is 0 Å². The zero-order valence-electron chi connectivity index (χ0n) is 12.0. The van der Waals surface area contributed by atoms with Crippen LogP contribution in [0.1, 0.15) is 39.3 Å². The van der Waals surface area contributed by atoms with Crippen molar-refractivity contribution in [2.24, 2.45) is 7.05 Å². The molecular formula is C12H23N5O. The summed E-state index contributed by atoms with van der Waals surface area (Å²) in [4.78, 5) is 11.9. The minimum absolute atomic E-state index is 0.0126. The molecule has 0 saturated heterocycles. The molecular weight excluding hydrogens is 230 g/mol. The van der Waals surface area contributed by atoms with E-state index in [1.54, 1.807) is 0 Å². The maximum atomic E-state index is 11.9. The second-order valence-corrected chi connectivity index (χ2v) is 5.56. The van der Waals surface area contributed by atoms with Gasteiger partial charge in [0.2, 0.25) is 5.91 Å². The quantitative estimate of drug-likeness (QED) is 0.820.